The molecule has 4 fully saturated rings. The normalized spacial score (nSPS) is 43.9. The second kappa shape index (κ2) is 10.7. The first-order chi connectivity index (χ1) is 14.8. The van der Waals surface area contributed by atoms with Gasteiger partial charge in [-0.25, -0.2) is 0 Å². The van der Waals surface area contributed by atoms with Crippen molar-refractivity contribution in [1.82, 2.24) is 0 Å². The van der Waals surface area contributed by atoms with E-state index in [1.807, 2.05) is 34.6 Å². The Hall–Kier alpha value is -0.330. The molecule has 4 rings (SSSR count). The van der Waals surface area contributed by atoms with Crippen molar-refractivity contribution in [2.45, 2.75) is 139 Å². The van der Waals surface area contributed by atoms with Crippen molar-refractivity contribution in [3.8, 4) is 0 Å². The van der Waals surface area contributed by atoms with Crippen molar-refractivity contribution >= 4 is 5.78 Å². The van der Waals surface area contributed by atoms with Crippen molar-refractivity contribution in [1.29, 1.82) is 0 Å². The van der Waals surface area contributed by atoms with Crippen LogP contribution in [0.5, 0.6) is 0 Å². The average Bonchev–Trinajstić information content (AvgIpc) is 3.63. The van der Waals surface area contributed by atoms with Crippen LogP contribution in [0.25, 0.3) is 0 Å². The van der Waals surface area contributed by atoms with Gasteiger partial charge in [0.2, 0.25) is 0 Å². The van der Waals surface area contributed by atoms with Crippen LogP contribution in [0.1, 0.15) is 139 Å². The summed E-state index contributed by atoms with van der Waals surface area (Å²) in [5, 5.41) is 0. The van der Waals surface area contributed by atoms with Crippen molar-refractivity contribution < 1.29 is 4.79 Å². The van der Waals surface area contributed by atoms with Crippen LogP contribution in [0.4, 0.5) is 0 Å². The van der Waals surface area contributed by atoms with Crippen LogP contribution in [0, 0.1) is 45.8 Å². The molecule has 182 valence electrons. The summed E-state index contributed by atoms with van der Waals surface area (Å²) in [7, 11) is 0. The van der Waals surface area contributed by atoms with Gasteiger partial charge < -0.3 is 0 Å². The van der Waals surface area contributed by atoms with Gasteiger partial charge in [-0.2, -0.15) is 0 Å². The molecule has 0 bridgehead atoms. The van der Waals surface area contributed by atoms with E-state index in [0.717, 1.165) is 30.1 Å². The average molecular weight is 433 g/mol. The molecule has 0 aromatic heterocycles. The van der Waals surface area contributed by atoms with Gasteiger partial charge in [0.1, 0.15) is 5.78 Å². The SMILES string of the molecule is CC.CC.CCCC1(C2CC2)C2CCC3(C)C(C(C)=O)CCCC3C2CCC1(C)CC. The van der Waals surface area contributed by atoms with Gasteiger partial charge in [-0.3, -0.25) is 4.79 Å². The molecule has 0 aliphatic heterocycles. The van der Waals surface area contributed by atoms with Crippen LogP contribution in [-0.4, -0.2) is 5.78 Å². The smallest absolute Gasteiger partial charge is 0.133 e. The van der Waals surface area contributed by atoms with E-state index in [2.05, 4.69) is 27.7 Å². The Morgan fingerprint density at radius 1 is 0.839 bits per heavy atom. The Morgan fingerprint density at radius 2 is 1.48 bits per heavy atom. The zero-order chi connectivity index (χ0) is 23.4. The highest BCUT2D eigenvalue weighted by atomic mass is 16.1. The van der Waals surface area contributed by atoms with E-state index in [1.54, 1.807) is 0 Å². The summed E-state index contributed by atoms with van der Waals surface area (Å²) in [5.41, 5.74) is 1.45. The molecule has 0 heterocycles. The monoisotopic (exact) mass is 432 g/mol. The molecule has 0 radical (unpaired) electrons. The first kappa shape index (κ1) is 26.9. The molecular formula is C30H56O. The molecular weight excluding hydrogens is 376 g/mol. The minimum absolute atomic E-state index is 0.298. The van der Waals surface area contributed by atoms with E-state index in [4.69, 9.17) is 0 Å². The molecule has 31 heavy (non-hydrogen) atoms. The summed E-state index contributed by atoms with van der Waals surface area (Å²) in [6.07, 6.45) is 16.6. The fourth-order valence-corrected chi connectivity index (χ4v) is 9.36. The number of ketones is 1. The Balaban J connectivity index is 0.000000807. The Kier molecular flexibility index (Phi) is 9.32. The van der Waals surface area contributed by atoms with Gasteiger partial charge in [0.25, 0.3) is 0 Å². The van der Waals surface area contributed by atoms with Crippen molar-refractivity contribution in [3.05, 3.63) is 0 Å². The van der Waals surface area contributed by atoms with Gasteiger partial charge in [-0.05, 0) is 105 Å². The molecule has 1 nitrogen and oxygen atoms in total. The van der Waals surface area contributed by atoms with Gasteiger partial charge in [0.05, 0.1) is 0 Å². The molecule has 0 amide bonds. The van der Waals surface area contributed by atoms with Gasteiger partial charge in [-0.15, -0.1) is 0 Å². The number of rotatable bonds is 5. The number of hydrogen-bond acceptors (Lipinski definition) is 1. The van der Waals surface area contributed by atoms with E-state index in [9.17, 15) is 4.79 Å². The zero-order valence-electron chi connectivity index (χ0n) is 22.8. The lowest BCUT2D eigenvalue weighted by molar-refractivity contribution is -0.180. The summed E-state index contributed by atoms with van der Waals surface area (Å²) in [6, 6.07) is 0. The summed E-state index contributed by atoms with van der Waals surface area (Å²) in [4.78, 5) is 12.5. The largest absolute Gasteiger partial charge is 0.300 e. The molecule has 7 atom stereocenters. The minimum atomic E-state index is 0.298. The molecule has 0 aromatic rings. The van der Waals surface area contributed by atoms with E-state index >= 15 is 0 Å². The van der Waals surface area contributed by atoms with Gasteiger partial charge in [-0.1, -0.05) is 74.7 Å². The second-order valence-corrected chi connectivity index (χ2v) is 11.5. The highest BCUT2D eigenvalue weighted by Crippen LogP contribution is 2.73. The van der Waals surface area contributed by atoms with Gasteiger partial charge in [0, 0.05) is 5.92 Å². The highest BCUT2D eigenvalue weighted by Gasteiger charge is 2.66. The predicted octanol–water partition coefficient (Wildman–Crippen LogP) is 9.48. The summed E-state index contributed by atoms with van der Waals surface area (Å²) in [6.45, 7) is 20.0. The fraction of sp³-hybridized carbons (Fsp3) is 0.967. The number of hydrogen-bond donors (Lipinski definition) is 0. The highest BCUT2D eigenvalue weighted by molar-refractivity contribution is 5.79. The third-order valence-electron chi connectivity index (χ3n) is 10.7. The molecule has 0 aromatic carbocycles. The van der Waals surface area contributed by atoms with Crippen LogP contribution in [-0.2, 0) is 4.79 Å². The van der Waals surface area contributed by atoms with Crippen LogP contribution in [0.15, 0.2) is 0 Å². The van der Waals surface area contributed by atoms with Crippen LogP contribution >= 0.6 is 0 Å². The Morgan fingerprint density at radius 3 is 2.00 bits per heavy atom. The molecule has 0 N–H and O–H groups in total. The van der Waals surface area contributed by atoms with Crippen molar-refractivity contribution in [2.24, 2.45) is 45.8 Å². The maximum Gasteiger partial charge on any atom is 0.133 e. The fourth-order valence-electron chi connectivity index (χ4n) is 9.36. The van der Waals surface area contributed by atoms with Gasteiger partial charge in [0.15, 0.2) is 0 Å². The molecule has 0 spiro atoms. The predicted molar refractivity (Wildman–Crippen MR) is 136 cm³/mol. The summed E-state index contributed by atoms with van der Waals surface area (Å²) >= 11 is 0. The Bertz CT molecular complexity index is 577. The van der Waals surface area contributed by atoms with Crippen LogP contribution in [0.3, 0.4) is 0 Å². The third-order valence-corrected chi connectivity index (χ3v) is 10.7. The third kappa shape index (κ3) is 4.30. The topological polar surface area (TPSA) is 17.1 Å². The minimum Gasteiger partial charge on any atom is -0.300 e. The Labute approximate surface area is 195 Å². The number of carbonyl (C=O) groups is 1. The zero-order valence-corrected chi connectivity index (χ0v) is 22.8. The lowest BCUT2D eigenvalue weighted by Gasteiger charge is -2.66. The number of carbonyl (C=O) groups excluding carboxylic acids is 1. The van der Waals surface area contributed by atoms with Crippen LogP contribution in [0.2, 0.25) is 0 Å². The summed E-state index contributed by atoms with van der Waals surface area (Å²) < 4.78 is 0. The van der Waals surface area contributed by atoms with Crippen molar-refractivity contribution in [3.63, 3.8) is 0 Å². The first-order valence-electron chi connectivity index (χ1n) is 14.3. The van der Waals surface area contributed by atoms with Crippen LogP contribution < -0.4 is 0 Å². The second-order valence-electron chi connectivity index (χ2n) is 11.5. The summed E-state index contributed by atoms with van der Waals surface area (Å²) in [5.74, 6) is 4.49. The lowest BCUT2D eigenvalue weighted by Crippen LogP contribution is -2.60. The van der Waals surface area contributed by atoms with E-state index in [-0.39, 0.29) is 0 Å². The standard InChI is InChI=1S/C26H44O.2C2H6/c1-6-15-26(19-11-12-19)23-14-17-25(5)21(18(3)27)9-8-10-22(25)20(23)13-16-24(26,4)7-2;2*1-2/h19-23H,6-17H2,1-5H3;2*1-2H3. The number of fused-ring (bicyclic) bond motifs is 3. The lowest BCUT2D eigenvalue weighted by atomic mass is 9.38. The molecule has 0 saturated heterocycles. The maximum atomic E-state index is 12.5. The van der Waals surface area contributed by atoms with E-state index in [0.29, 0.717) is 27.9 Å². The molecule has 4 saturated carbocycles. The molecule has 1 heteroatoms. The molecule has 7 unspecified atom stereocenters. The maximum absolute atomic E-state index is 12.5. The van der Waals surface area contributed by atoms with E-state index in [1.165, 1.54) is 70.6 Å². The first-order valence-corrected chi connectivity index (χ1v) is 14.3. The molecule has 4 aliphatic rings. The molecule has 4 aliphatic carbocycles. The van der Waals surface area contributed by atoms with Gasteiger partial charge >= 0.3 is 0 Å². The van der Waals surface area contributed by atoms with E-state index < -0.39 is 0 Å². The number of Topliss-reactive ketones (excluding diaryl/α,β-unsaturated/α-hetero) is 1. The van der Waals surface area contributed by atoms with Crippen molar-refractivity contribution in [2.75, 3.05) is 0 Å². The quantitative estimate of drug-likeness (QED) is 0.422.